The summed E-state index contributed by atoms with van der Waals surface area (Å²) in [5.74, 6) is 0.454. The Hall–Kier alpha value is -3.61. The van der Waals surface area contributed by atoms with E-state index in [2.05, 4.69) is 10.3 Å². The lowest BCUT2D eigenvalue weighted by Gasteiger charge is -2.18. The van der Waals surface area contributed by atoms with E-state index in [-0.39, 0.29) is 6.03 Å². The van der Waals surface area contributed by atoms with Gasteiger partial charge in [0.2, 0.25) is 6.36 Å². The summed E-state index contributed by atoms with van der Waals surface area (Å²) in [4.78, 5) is 18.5. The van der Waals surface area contributed by atoms with Gasteiger partial charge in [-0.05, 0) is 52.6 Å². The van der Waals surface area contributed by atoms with Crippen LogP contribution in [-0.2, 0) is 13.1 Å². The molecule has 1 aliphatic rings. The first-order chi connectivity index (χ1) is 14.0. The Balaban J connectivity index is 1.49. The fourth-order valence-corrected chi connectivity index (χ4v) is 3.32. The average molecular weight is 392 g/mol. The highest BCUT2D eigenvalue weighted by Gasteiger charge is 2.23. The number of ether oxygens (including phenoxy) is 1. The van der Waals surface area contributed by atoms with E-state index in [1.165, 1.54) is 6.92 Å². The minimum atomic E-state index is -1.37. The van der Waals surface area contributed by atoms with Crippen LogP contribution >= 0.6 is 0 Å². The van der Waals surface area contributed by atoms with E-state index in [9.17, 15) is 9.18 Å². The number of nitrogens with two attached hydrogens (primary N) is 1. The maximum absolute atomic E-state index is 13.0. The molecule has 2 amide bonds. The first-order valence-electron chi connectivity index (χ1n) is 9.28. The van der Waals surface area contributed by atoms with Crippen LogP contribution in [0.3, 0.4) is 0 Å². The number of hydrogen-bond acceptors (Lipinski definition) is 4. The number of pyridine rings is 1. The lowest BCUT2D eigenvalue weighted by molar-refractivity contribution is 0.0861. The number of hydrogen-bond donors (Lipinski definition) is 2. The molecule has 0 spiro atoms. The number of amides is 2. The molecule has 6 nitrogen and oxygen atoms in total. The van der Waals surface area contributed by atoms with Crippen LogP contribution in [0.15, 0.2) is 60.9 Å². The van der Waals surface area contributed by atoms with Gasteiger partial charge in [-0.1, -0.05) is 18.2 Å². The van der Waals surface area contributed by atoms with Crippen LogP contribution in [0, 0.1) is 0 Å². The topological polar surface area (TPSA) is 80.5 Å². The molecule has 4 rings (SSSR count). The van der Waals surface area contributed by atoms with Gasteiger partial charge in [-0.15, -0.1) is 0 Å². The molecule has 29 heavy (non-hydrogen) atoms. The number of nitrogens with one attached hydrogen (secondary N) is 1. The molecule has 0 bridgehead atoms. The number of halogens is 1. The zero-order valence-corrected chi connectivity index (χ0v) is 15.9. The van der Waals surface area contributed by atoms with Gasteiger partial charge in [0, 0.05) is 32.4 Å². The predicted molar refractivity (Wildman–Crippen MR) is 110 cm³/mol. The van der Waals surface area contributed by atoms with Crippen LogP contribution in [0.2, 0.25) is 0 Å². The normalized spacial score (nSPS) is 13.7. The van der Waals surface area contributed by atoms with E-state index in [1.807, 2.05) is 30.3 Å². The van der Waals surface area contributed by atoms with Gasteiger partial charge in [0.1, 0.15) is 5.75 Å². The maximum atomic E-state index is 13.0. The van der Waals surface area contributed by atoms with Gasteiger partial charge in [0.05, 0.1) is 11.4 Å². The fourth-order valence-electron chi connectivity index (χ4n) is 3.32. The van der Waals surface area contributed by atoms with Crippen molar-refractivity contribution < 1.29 is 13.9 Å². The number of urea groups is 1. The highest BCUT2D eigenvalue weighted by atomic mass is 19.1. The van der Waals surface area contributed by atoms with Crippen LogP contribution in [0.1, 0.15) is 18.1 Å². The van der Waals surface area contributed by atoms with E-state index >= 15 is 0 Å². The number of nitrogens with zero attached hydrogens (tertiary/aromatic N) is 2. The number of aromatic nitrogens is 1. The maximum Gasteiger partial charge on any atom is 0.322 e. The first kappa shape index (κ1) is 18.7. The number of carbonyl (C=O) groups is 1. The van der Waals surface area contributed by atoms with Crippen LogP contribution in [-0.4, -0.2) is 22.3 Å². The molecule has 3 N–H and O–H groups in total. The Morgan fingerprint density at radius 2 is 1.86 bits per heavy atom. The molecule has 0 radical (unpaired) electrons. The summed E-state index contributed by atoms with van der Waals surface area (Å²) in [6.07, 6.45) is 2.15. The molecule has 0 saturated carbocycles. The van der Waals surface area contributed by atoms with Crippen molar-refractivity contribution in [1.82, 2.24) is 9.88 Å². The quantitative estimate of drug-likeness (QED) is 0.637. The van der Waals surface area contributed by atoms with Crippen LogP contribution in [0.4, 0.5) is 20.6 Å². The SMILES string of the molecule is CC(F)Oc1ccc(-c2ccc(N)c(NC(=O)N3Cc4ccncc4C3)c2)cc1. The Kier molecular flexibility index (Phi) is 5.03. The standard InChI is InChI=1S/C22H21FN4O2/c1-14(23)29-19-5-2-15(3-6-19)16-4-7-20(24)21(10-16)26-22(28)27-12-17-8-9-25-11-18(17)13-27/h2-11,14H,12-13,24H2,1H3,(H,26,28). The number of benzene rings is 2. The van der Waals surface area contributed by atoms with Gasteiger partial charge in [-0.2, -0.15) is 0 Å². The third-order valence-electron chi connectivity index (χ3n) is 4.80. The first-order valence-corrected chi connectivity index (χ1v) is 9.28. The van der Waals surface area contributed by atoms with Gasteiger partial charge in [-0.25, -0.2) is 9.18 Å². The van der Waals surface area contributed by atoms with Crippen molar-refractivity contribution >= 4 is 17.4 Å². The van der Waals surface area contributed by atoms with E-state index in [4.69, 9.17) is 10.5 Å². The second-order valence-electron chi connectivity index (χ2n) is 6.92. The largest absolute Gasteiger partial charge is 0.461 e. The minimum absolute atomic E-state index is 0.217. The van der Waals surface area contributed by atoms with Gasteiger partial charge in [0.15, 0.2) is 0 Å². The van der Waals surface area contributed by atoms with Crippen LogP contribution < -0.4 is 15.8 Å². The van der Waals surface area contributed by atoms with Gasteiger partial charge >= 0.3 is 6.03 Å². The smallest absolute Gasteiger partial charge is 0.322 e. The Bertz CT molecular complexity index is 1010. The van der Waals surface area contributed by atoms with Gasteiger partial charge < -0.3 is 20.7 Å². The fraction of sp³-hybridized carbons (Fsp3) is 0.182. The van der Waals surface area contributed by atoms with Crippen LogP contribution in [0.25, 0.3) is 11.1 Å². The summed E-state index contributed by atoms with van der Waals surface area (Å²) in [5.41, 5.74) is 11.0. The highest BCUT2D eigenvalue weighted by Crippen LogP contribution is 2.30. The molecule has 0 aliphatic carbocycles. The third-order valence-corrected chi connectivity index (χ3v) is 4.80. The summed E-state index contributed by atoms with van der Waals surface area (Å²) in [6.45, 7) is 2.39. The number of carbonyl (C=O) groups excluding carboxylic acids is 1. The number of alkyl halides is 1. The molecule has 3 aromatic rings. The molecular weight excluding hydrogens is 371 g/mol. The molecule has 0 saturated heterocycles. The predicted octanol–water partition coefficient (Wildman–Crippen LogP) is 4.57. The Labute approximate surface area is 168 Å². The molecule has 2 aromatic carbocycles. The third kappa shape index (κ3) is 4.13. The average Bonchev–Trinajstić information content (AvgIpc) is 3.14. The van der Waals surface area contributed by atoms with Crippen LogP contribution in [0.5, 0.6) is 5.75 Å². The molecule has 2 heterocycles. The van der Waals surface area contributed by atoms with Crippen molar-refractivity contribution in [3.63, 3.8) is 0 Å². The zero-order chi connectivity index (χ0) is 20.4. The van der Waals surface area contributed by atoms with Crippen molar-refractivity contribution in [3.8, 4) is 16.9 Å². The van der Waals surface area contributed by atoms with Crippen molar-refractivity contribution in [2.45, 2.75) is 26.4 Å². The van der Waals surface area contributed by atoms with E-state index in [1.54, 1.807) is 35.5 Å². The van der Waals surface area contributed by atoms with Crippen molar-refractivity contribution in [1.29, 1.82) is 0 Å². The molecule has 148 valence electrons. The lowest BCUT2D eigenvalue weighted by atomic mass is 10.0. The zero-order valence-electron chi connectivity index (χ0n) is 15.9. The summed E-state index contributed by atoms with van der Waals surface area (Å²) in [6, 6.07) is 14.2. The summed E-state index contributed by atoms with van der Waals surface area (Å²) >= 11 is 0. The molecule has 1 aliphatic heterocycles. The van der Waals surface area contributed by atoms with Gasteiger partial charge in [0.25, 0.3) is 0 Å². The van der Waals surface area contributed by atoms with E-state index in [0.717, 1.165) is 22.3 Å². The highest BCUT2D eigenvalue weighted by molar-refractivity contribution is 5.94. The Morgan fingerprint density at radius 1 is 1.14 bits per heavy atom. The number of anilines is 2. The van der Waals surface area contributed by atoms with E-state index in [0.29, 0.717) is 30.2 Å². The molecule has 1 unspecified atom stereocenters. The molecule has 1 atom stereocenters. The molecule has 1 aromatic heterocycles. The van der Waals surface area contributed by atoms with Crippen molar-refractivity contribution in [2.24, 2.45) is 0 Å². The monoisotopic (exact) mass is 392 g/mol. The molecular formula is C22H21FN4O2. The summed E-state index contributed by atoms with van der Waals surface area (Å²) in [7, 11) is 0. The van der Waals surface area contributed by atoms with Gasteiger partial charge in [-0.3, -0.25) is 4.98 Å². The number of fused-ring (bicyclic) bond motifs is 1. The minimum Gasteiger partial charge on any atom is -0.461 e. The number of rotatable bonds is 4. The molecule has 0 fully saturated rings. The second kappa shape index (κ2) is 7.79. The second-order valence-corrected chi connectivity index (χ2v) is 6.92. The van der Waals surface area contributed by atoms with E-state index < -0.39 is 6.36 Å². The summed E-state index contributed by atoms with van der Waals surface area (Å²) < 4.78 is 18.0. The Morgan fingerprint density at radius 3 is 2.59 bits per heavy atom. The lowest BCUT2D eigenvalue weighted by Crippen LogP contribution is -2.30. The molecule has 7 heteroatoms. The van der Waals surface area contributed by atoms with Crippen molar-refractivity contribution in [3.05, 3.63) is 72.1 Å². The van der Waals surface area contributed by atoms with Crippen molar-refractivity contribution in [2.75, 3.05) is 11.1 Å². The summed E-state index contributed by atoms with van der Waals surface area (Å²) in [5, 5.41) is 2.90. The number of nitrogen functional groups attached to an aromatic ring is 1.